The van der Waals surface area contributed by atoms with Crippen LogP contribution in [-0.2, 0) is 12.6 Å². The van der Waals surface area contributed by atoms with Gasteiger partial charge in [-0.2, -0.15) is 13.2 Å². The second-order valence-electron chi connectivity index (χ2n) is 7.18. The summed E-state index contributed by atoms with van der Waals surface area (Å²) in [7, 11) is 3.08. The number of phenols is 1. The standard InChI is InChI=1S/C24H21Cl2F3N2O3/c1-33-21-6-3-14(9-22(21)34-2)7-8-30-19-5-4-16(24(27,28)29)11-20(19)31-13-15-10-17(25)12-18(26)23(15)32/h3-6,9-13,30,32H,7-8H2,1-2H3. The van der Waals surface area contributed by atoms with Gasteiger partial charge in [-0.05, 0) is 54.4 Å². The first-order chi connectivity index (χ1) is 16.1. The summed E-state index contributed by atoms with van der Waals surface area (Å²) >= 11 is 11.9. The number of nitrogens with zero attached hydrogens (tertiary/aromatic N) is 1. The molecule has 0 saturated carbocycles. The summed E-state index contributed by atoms with van der Waals surface area (Å²) in [6, 6.07) is 11.5. The fraction of sp³-hybridized carbons (Fsp3) is 0.208. The number of aliphatic imine (C=N–C) groups is 1. The van der Waals surface area contributed by atoms with Crippen molar-refractivity contribution in [3.8, 4) is 17.2 Å². The summed E-state index contributed by atoms with van der Waals surface area (Å²) in [5.41, 5.74) is 0.695. The zero-order valence-electron chi connectivity index (χ0n) is 18.2. The number of alkyl halides is 3. The molecule has 0 spiro atoms. The molecule has 0 atom stereocenters. The van der Waals surface area contributed by atoms with Gasteiger partial charge >= 0.3 is 6.18 Å². The Hall–Kier alpha value is -3.10. The number of hydrogen-bond donors (Lipinski definition) is 2. The van der Waals surface area contributed by atoms with Gasteiger partial charge in [0.2, 0.25) is 0 Å². The Labute approximate surface area is 204 Å². The smallest absolute Gasteiger partial charge is 0.416 e. The SMILES string of the molecule is COc1ccc(CCNc2ccc(C(F)(F)F)cc2N=Cc2cc(Cl)cc(Cl)c2O)cc1OC. The van der Waals surface area contributed by atoms with Gasteiger partial charge in [-0.3, -0.25) is 4.99 Å². The van der Waals surface area contributed by atoms with E-state index in [0.29, 0.717) is 30.2 Å². The second kappa shape index (κ2) is 10.9. The summed E-state index contributed by atoms with van der Waals surface area (Å²) in [5.74, 6) is 0.910. The minimum absolute atomic E-state index is 0.00580. The quantitative estimate of drug-likeness (QED) is 0.315. The van der Waals surface area contributed by atoms with Gasteiger partial charge in [-0.1, -0.05) is 29.3 Å². The van der Waals surface area contributed by atoms with Gasteiger partial charge in [0, 0.05) is 23.3 Å². The highest BCUT2D eigenvalue weighted by Gasteiger charge is 2.31. The Morgan fingerprint density at radius 2 is 1.74 bits per heavy atom. The molecule has 2 N–H and O–H groups in total. The Bertz CT molecular complexity index is 1200. The third kappa shape index (κ3) is 6.27. The van der Waals surface area contributed by atoms with E-state index in [-0.39, 0.29) is 27.0 Å². The third-order valence-electron chi connectivity index (χ3n) is 4.90. The number of rotatable bonds is 8. The van der Waals surface area contributed by atoms with E-state index >= 15 is 0 Å². The summed E-state index contributed by atoms with van der Waals surface area (Å²) < 4.78 is 50.3. The largest absolute Gasteiger partial charge is 0.506 e. The topological polar surface area (TPSA) is 63.1 Å². The van der Waals surface area contributed by atoms with Gasteiger partial charge in [-0.25, -0.2) is 0 Å². The van der Waals surface area contributed by atoms with E-state index < -0.39 is 11.7 Å². The Morgan fingerprint density at radius 3 is 2.41 bits per heavy atom. The van der Waals surface area contributed by atoms with Crippen LogP contribution in [0, 0.1) is 0 Å². The Balaban J connectivity index is 1.85. The number of halogens is 5. The fourth-order valence-electron chi connectivity index (χ4n) is 3.17. The van der Waals surface area contributed by atoms with Crippen molar-refractivity contribution in [1.29, 1.82) is 0 Å². The first kappa shape index (κ1) is 25.5. The Morgan fingerprint density at radius 1 is 1.00 bits per heavy atom. The maximum Gasteiger partial charge on any atom is 0.416 e. The van der Waals surface area contributed by atoms with Crippen LogP contribution in [0.4, 0.5) is 24.5 Å². The van der Waals surface area contributed by atoms with E-state index in [1.807, 2.05) is 12.1 Å². The van der Waals surface area contributed by atoms with E-state index in [4.69, 9.17) is 32.7 Å². The highest BCUT2D eigenvalue weighted by molar-refractivity contribution is 6.36. The highest BCUT2D eigenvalue weighted by atomic mass is 35.5. The molecule has 0 heterocycles. The summed E-state index contributed by atoms with van der Waals surface area (Å²) in [4.78, 5) is 4.17. The molecule has 0 aromatic heterocycles. The molecule has 3 aromatic carbocycles. The monoisotopic (exact) mass is 512 g/mol. The van der Waals surface area contributed by atoms with Crippen molar-refractivity contribution in [2.45, 2.75) is 12.6 Å². The van der Waals surface area contributed by atoms with Crippen LogP contribution in [0.3, 0.4) is 0 Å². The van der Waals surface area contributed by atoms with E-state index in [1.165, 1.54) is 31.5 Å². The average Bonchev–Trinajstić information content (AvgIpc) is 2.80. The number of aromatic hydroxyl groups is 1. The molecular weight excluding hydrogens is 492 g/mol. The van der Waals surface area contributed by atoms with Crippen LogP contribution in [0.5, 0.6) is 17.2 Å². The second-order valence-corrected chi connectivity index (χ2v) is 8.02. The molecule has 0 unspecified atom stereocenters. The van der Waals surface area contributed by atoms with Gasteiger partial charge in [0.05, 0.1) is 36.2 Å². The molecule has 0 fully saturated rings. The van der Waals surface area contributed by atoms with Crippen molar-refractivity contribution >= 4 is 40.8 Å². The lowest BCUT2D eigenvalue weighted by molar-refractivity contribution is -0.137. The maximum atomic E-state index is 13.3. The number of phenolic OH excluding ortho intramolecular Hbond substituents is 1. The van der Waals surface area contributed by atoms with E-state index in [0.717, 1.165) is 17.7 Å². The lowest BCUT2D eigenvalue weighted by Gasteiger charge is -2.14. The van der Waals surface area contributed by atoms with E-state index in [2.05, 4.69) is 10.3 Å². The molecular formula is C24H21Cl2F3N2O3. The van der Waals surface area contributed by atoms with Crippen LogP contribution in [-0.4, -0.2) is 32.1 Å². The van der Waals surface area contributed by atoms with Crippen molar-refractivity contribution in [1.82, 2.24) is 0 Å². The van der Waals surface area contributed by atoms with Gasteiger partial charge in [0.1, 0.15) is 5.75 Å². The summed E-state index contributed by atoms with van der Waals surface area (Å²) in [6.07, 6.45) is -2.76. The maximum absolute atomic E-state index is 13.3. The minimum atomic E-state index is -4.54. The van der Waals surface area contributed by atoms with E-state index in [9.17, 15) is 18.3 Å². The average molecular weight is 513 g/mol. The number of hydrogen-bond acceptors (Lipinski definition) is 5. The molecule has 3 rings (SSSR count). The van der Waals surface area contributed by atoms with Gasteiger partial charge in [0.25, 0.3) is 0 Å². The first-order valence-corrected chi connectivity index (χ1v) is 10.8. The van der Waals surface area contributed by atoms with Crippen molar-refractivity contribution in [2.24, 2.45) is 4.99 Å². The van der Waals surface area contributed by atoms with Crippen molar-refractivity contribution in [3.63, 3.8) is 0 Å². The zero-order chi connectivity index (χ0) is 24.9. The molecule has 0 aliphatic rings. The van der Waals surface area contributed by atoms with Crippen molar-refractivity contribution in [2.75, 3.05) is 26.1 Å². The lowest BCUT2D eigenvalue weighted by atomic mass is 10.1. The molecule has 0 aliphatic heterocycles. The third-order valence-corrected chi connectivity index (χ3v) is 5.41. The molecule has 0 bridgehead atoms. The molecule has 34 heavy (non-hydrogen) atoms. The van der Waals surface area contributed by atoms with Crippen LogP contribution in [0.15, 0.2) is 53.5 Å². The number of benzene rings is 3. The first-order valence-electron chi connectivity index (χ1n) is 10.0. The van der Waals surface area contributed by atoms with Crippen LogP contribution in [0.25, 0.3) is 0 Å². The normalized spacial score (nSPS) is 11.6. The van der Waals surface area contributed by atoms with Crippen molar-refractivity contribution < 1.29 is 27.8 Å². The minimum Gasteiger partial charge on any atom is -0.506 e. The van der Waals surface area contributed by atoms with Gasteiger partial charge in [0.15, 0.2) is 11.5 Å². The lowest BCUT2D eigenvalue weighted by Crippen LogP contribution is -2.08. The molecule has 180 valence electrons. The molecule has 0 saturated heterocycles. The molecule has 0 aliphatic carbocycles. The number of nitrogens with one attached hydrogen (secondary N) is 1. The van der Waals surface area contributed by atoms with Gasteiger partial charge < -0.3 is 19.9 Å². The molecule has 0 radical (unpaired) electrons. The van der Waals surface area contributed by atoms with Crippen LogP contribution in [0.1, 0.15) is 16.7 Å². The summed E-state index contributed by atoms with van der Waals surface area (Å²) in [5, 5.41) is 13.5. The van der Waals surface area contributed by atoms with Gasteiger partial charge in [-0.15, -0.1) is 0 Å². The number of anilines is 1. The zero-order valence-corrected chi connectivity index (χ0v) is 19.7. The number of ether oxygens (including phenoxy) is 2. The molecule has 3 aromatic rings. The Kier molecular flexibility index (Phi) is 8.17. The summed E-state index contributed by atoms with van der Waals surface area (Å²) in [6.45, 7) is 0.414. The molecule has 10 heteroatoms. The molecule has 0 amide bonds. The fourth-order valence-corrected chi connectivity index (χ4v) is 3.67. The van der Waals surface area contributed by atoms with Crippen LogP contribution in [0.2, 0.25) is 10.0 Å². The highest BCUT2D eigenvalue weighted by Crippen LogP contribution is 2.36. The van der Waals surface area contributed by atoms with Crippen LogP contribution < -0.4 is 14.8 Å². The van der Waals surface area contributed by atoms with Crippen LogP contribution >= 0.6 is 23.2 Å². The molecule has 5 nitrogen and oxygen atoms in total. The van der Waals surface area contributed by atoms with E-state index in [1.54, 1.807) is 13.2 Å². The predicted molar refractivity (Wildman–Crippen MR) is 129 cm³/mol. The predicted octanol–water partition coefficient (Wildman–Crippen LogP) is 7.14. The number of methoxy groups -OCH3 is 2. The van der Waals surface area contributed by atoms with Crippen molar-refractivity contribution in [3.05, 3.63) is 75.3 Å².